The monoisotopic (exact) mass is 593 g/mol. The van der Waals surface area contributed by atoms with Crippen LogP contribution in [-0.2, 0) is 43.5 Å². The van der Waals surface area contributed by atoms with Gasteiger partial charge in [-0.05, 0) is 34.4 Å². The van der Waals surface area contributed by atoms with E-state index >= 15 is 0 Å². The smallest absolute Gasteiger partial charge is 0.334 e. The fourth-order valence-electron chi connectivity index (χ4n) is 1.71. The number of carbonyl (C=O) groups excluding carboxylic acids is 2. The van der Waals surface area contributed by atoms with Crippen LogP contribution in [0.15, 0.2) is 37.5 Å². The Morgan fingerprint density at radius 3 is 1.61 bits per heavy atom. The van der Waals surface area contributed by atoms with Crippen LogP contribution in [0.5, 0.6) is 0 Å². The van der Waals surface area contributed by atoms with E-state index in [1.54, 1.807) is 25.7 Å². The van der Waals surface area contributed by atoms with Gasteiger partial charge in [-0.15, -0.1) is 13.2 Å². The molecule has 38 heavy (non-hydrogen) atoms. The van der Waals surface area contributed by atoms with E-state index in [0.29, 0.717) is 25.3 Å². The predicted molar refractivity (Wildman–Crippen MR) is 158 cm³/mol. The van der Waals surface area contributed by atoms with Crippen LogP contribution in [0.3, 0.4) is 0 Å². The summed E-state index contributed by atoms with van der Waals surface area (Å²) in [6.07, 6.45) is 0.655. The molecule has 0 aromatic carbocycles. The first kappa shape index (κ1) is 52.4. The van der Waals surface area contributed by atoms with Crippen molar-refractivity contribution in [2.45, 2.75) is 63.8 Å². The molecule has 0 spiro atoms. The largest absolute Gasteiger partial charge is 0.462 e. The number of esters is 2. The topological polar surface area (TPSA) is 154 Å². The molecule has 1 aliphatic rings. The van der Waals surface area contributed by atoms with E-state index < -0.39 is 37.4 Å². The Balaban J connectivity index is -0.0000000734. The van der Waals surface area contributed by atoms with E-state index in [1.165, 1.54) is 6.92 Å². The van der Waals surface area contributed by atoms with Gasteiger partial charge < -0.3 is 9.47 Å². The molecule has 1 fully saturated rings. The quantitative estimate of drug-likeness (QED) is 0.104. The highest BCUT2D eigenvalue weighted by atomic mass is 32.2. The molecule has 0 unspecified atom stereocenters. The van der Waals surface area contributed by atoms with Crippen molar-refractivity contribution in [3.8, 4) is 0 Å². The second-order valence-electron chi connectivity index (χ2n) is 8.11. The van der Waals surface area contributed by atoms with E-state index in [4.69, 9.17) is 14.0 Å². The van der Waals surface area contributed by atoms with Gasteiger partial charge in [-0.3, -0.25) is 13.6 Å². The minimum Gasteiger partial charge on any atom is -0.462 e. The summed E-state index contributed by atoms with van der Waals surface area (Å²) in [7, 11) is -3.46. The van der Waals surface area contributed by atoms with Gasteiger partial charge in [0.2, 0.25) is 0 Å². The zero-order valence-electron chi connectivity index (χ0n) is 21.0. The molecule has 0 bridgehead atoms. The summed E-state index contributed by atoms with van der Waals surface area (Å²) in [6, 6.07) is 0. The van der Waals surface area contributed by atoms with Gasteiger partial charge in [0.15, 0.2) is 0 Å². The first-order valence-electron chi connectivity index (χ1n) is 9.90. The van der Waals surface area contributed by atoms with Gasteiger partial charge in [0.25, 0.3) is 20.2 Å². The molecule has 0 radical (unpaired) electrons. The maximum absolute atomic E-state index is 11.0. The van der Waals surface area contributed by atoms with Crippen LogP contribution in [0.25, 0.3) is 0 Å². The first-order valence-corrected chi connectivity index (χ1v) is 13.1. The maximum atomic E-state index is 11.0. The SMILES string of the molecule is C.C.C.C.C=C.C=C(C)C(=O)OCC(C)(C)CS(=O)(=O)O.C=C(C)C(=O)OCN(C)C.O=S1(=O)CCCO1. The van der Waals surface area contributed by atoms with Crippen molar-refractivity contribution in [3.63, 3.8) is 0 Å². The lowest BCUT2D eigenvalue weighted by molar-refractivity contribution is -0.143. The van der Waals surface area contributed by atoms with Crippen LogP contribution in [0.1, 0.15) is 63.8 Å². The summed E-state index contributed by atoms with van der Waals surface area (Å²) in [5, 5.41) is 0. The van der Waals surface area contributed by atoms with Gasteiger partial charge in [0.1, 0.15) is 6.73 Å². The van der Waals surface area contributed by atoms with Crippen molar-refractivity contribution < 1.29 is 44.6 Å². The number of rotatable bonds is 8. The molecule has 0 saturated carbocycles. The molecule has 0 atom stereocenters. The molecule has 0 aliphatic carbocycles. The van der Waals surface area contributed by atoms with E-state index in [2.05, 4.69) is 30.5 Å². The molecular formula is C25H55NO10S2. The number of nitrogens with zero attached hydrogens (tertiary/aromatic N) is 1. The third kappa shape index (κ3) is 36.1. The van der Waals surface area contributed by atoms with Gasteiger partial charge >= 0.3 is 11.9 Å². The molecule has 1 rings (SSSR count). The molecule has 0 amide bonds. The summed E-state index contributed by atoms with van der Waals surface area (Å²) in [5.41, 5.74) is -0.141. The minimum absolute atomic E-state index is 0. The van der Waals surface area contributed by atoms with Crippen LogP contribution in [0.2, 0.25) is 0 Å². The number of carbonyl (C=O) groups is 2. The number of ether oxygens (including phenoxy) is 2. The highest BCUT2D eigenvalue weighted by Gasteiger charge is 2.26. The third-order valence-electron chi connectivity index (χ3n) is 3.12. The lowest BCUT2D eigenvalue weighted by Crippen LogP contribution is -2.30. The Hall–Kier alpha value is -2.06. The molecule has 0 aromatic rings. The average molecular weight is 594 g/mol. The third-order valence-corrected chi connectivity index (χ3v) is 5.58. The van der Waals surface area contributed by atoms with Crippen LogP contribution in [0.4, 0.5) is 0 Å². The number of hydrogen-bond donors (Lipinski definition) is 1. The van der Waals surface area contributed by atoms with Gasteiger partial charge in [0.05, 0.1) is 24.7 Å². The Morgan fingerprint density at radius 1 is 0.974 bits per heavy atom. The van der Waals surface area contributed by atoms with E-state index in [-0.39, 0.29) is 53.6 Å². The average Bonchev–Trinajstić information content (AvgIpc) is 3.08. The lowest BCUT2D eigenvalue weighted by Gasteiger charge is -2.22. The summed E-state index contributed by atoms with van der Waals surface area (Å²) >= 11 is 0. The van der Waals surface area contributed by atoms with Crippen molar-refractivity contribution in [1.29, 1.82) is 0 Å². The highest BCUT2D eigenvalue weighted by molar-refractivity contribution is 7.86. The van der Waals surface area contributed by atoms with Crippen LogP contribution in [-0.4, -0.2) is 83.8 Å². The minimum atomic E-state index is -4.06. The standard InChI is InChI=1S/C9H16O5S.C7H13NO2.C3H6O3S.C2H4.4CH4/c1-7(2)8(10)14-5-9(3,4)6-15(11,12)13;1-6(2)7(9)10-5-8(3)4;4-7(5)3-1-2-6-7;1-2;;;;/h1,5-6H2,2-4H3,(H,11,12,13);1,5H2,2-4H3;1-3H2;1-2H2;4*1H4. The Labute approximate surface area is 233 Å². The van der Waals surface area contributed by atoms with Crippen LogP contribution in [0, 0.1) is 5.41 Å². The normalized spacial score (nSPS) is 12.6. The Bertz CT molecular complexity index is 866. The highest BCUT2D eigenvalue weighted by Crippen LogP contribution is 2.18. The lowest BCUT2D eigenvalue weighted by atomic mass is 9.98. The molecule has 11 nitrogen and oxygen atoms in total. The molecular weight excluding hydrogens is 538 g/mol. The first-order chi connectivity index (χ1) is 15.3. The van der Waals surface area contributed by atoms with Crippen LogP contribution < -0.4 is 0 Å². The molecule has 0 aromatic heterocycles. The van der Waals surface area contributed by atoms with Gasteiger partial charge in [-0.25, -0.2) is 9.59 Å². The van der Waals surface area contributed by atoms with Crippen molar-refractivity contribution in [2.75, 3.05) is 45.5 Å². The number of hydrogen-bond acceptors (Lipinski definition) is 10. The zero-order valence-corrected chi connectivity index (χ0v) is 22.6. The zero-order chi connectivity index (χ0) is 27.8. The van der Waals surface area contributed by atoms with Crippen molar-refractivity contribution in [2.24, 2.45) is 5.41 Å². The van der Waals surface area contributed by atoms with Crippen molar-refractivity contribution in [3.05, 3.63) is 37.5 Å². The second-order valence-corrected chi connectivity index (χ2v) is 11.3. The summed E-state index contributed by atoms with van der Waals surface area (Å²) in [4.78, 5) is 23.5. The van der Waals surface area contributed by atoms with Crippen molar-refractivity contribution in [1.82, 2.24) is 4.90 Å². The van der Waals surface area contributed by atoms with Gasteiger partial charge in [-0.1, -0.05) is 56.7 Å². The fraction of sp³-hybridized carbons (Fsp3) is 0.680. The predicted octanol–water partition coefficient (Wildman–Crippen LogP) is 4.73. The van der Waals surface area contributed by atoms with Crippen molar-refractivity contribution >= 4 is 32.2 Å². The van der Waals surface area contributed by atoms with Crippen LogP contribution >= 0.6 is 0 Å². The maximum Gasteiger partial charge on any atom is 0.334 e. The molecule has 1 heterocycles. The van der Waals surface area contributed by atoms with E-state index in [0.717, 1.165) is 0 Å². The molecule has 1 saturated heterocycles. The van der Waals surface area contributed by atoms with Gasteiger partial charge in [-0.2, -0.15) is 16.8 Å². The van der Waals surface area contributed by atoms with E-state index in [9.17, 15) is 26.4 Å². The molecule has 13 heteroatoms. The summed E-state index contributed by atoms with van der Waals surface area (Å²) < 4.78 is 64.2. The fourth-order valence-corrected chi connectivity index (χ4v) is 3.74. The Kier molecular flexibility index (Phi) is 34.8. The Morgan fingerprint density at radius 2 is 1.37 bits per heavy atom. The van der Waals surface area contributed by atoms with Gasteiger partial charge in [0, 0.05) is 16.6 Å². The molecule has 232 valence electrons. The molecule has 1 N–H and O–H groups in total. The molecule has 1 aliphatic heterocycles. The summed E-state index contributed by atoms with van der Waals surface area (Å²) in [6.45, 7) is 19.7. The summed E-state index contributed by atoms with van der Waals surface area (Å²) in [5.74, 6) is -1.16. The second kappa shape index (κ2) is 25.2. The van der Waals surface area contributed by atoms with E-state index in [1.807, 2.05) is 14.1 Å².